The van der Waals surface area contributed by atoms with Crippen LogP contribution in [0.1, 0.15) is 6.42 Å². The topological polar surface area (TPSA) is 107 Å². The van der Waals surface area contributed by atoms with Gasteiger partial charge in [-0.25, -0.2) is 16.8 Å². The van der Waals surface area contributed by atoms with Gasteiger partial charge in [0.2, 0.25) is 10.0 Å². The molecule has 2 rings (SSSR count). The fraction of sp³-hybridized carbons (Fsp3) is 0.889. The monoisotopic (exact) mass is 293 g/mol. The standard InChI is InChI=1S/C9H15N3O4S2/c10-5-8-6-11-2-3-12(8)18(15,16)9-1-4-17(13,14)7-9/h8-9,11H,1-4,6-7H2. The van der Waals surface area contributed by atoms with Crippen LogP contribution in [0.25, 0.3) is 0 Å². The average molecular weight is 293 g/mol. The first kappa shape index (κ1) is 13.7. The Morgan fingerprint density at radius 1 is 1.39 bits per heavy atom. The van der Waals surface area contributed by atoms with Gasteiger partial charge in [0.1, 0.15) is 6.04 Å². The molecular formula is C9H15N3O4S2. The minimum atomic E-state index is -3.70. The van der Waals surface area contributed by atoms with Crippen molar-refractivity contribution in [2.75, 3.05) is 31.1 Å². The highest BCUT2D eigenvalue weighted by atomic mass is 32.2. The Bertz CT molecular complexity index is 563. The number of rotatable bonds is 2. The van der Waals surface area contributed by atoms with Crippen molar-refractivity contribution < 1.29 is 16.8 Å². The molecule has 0 amide bonds. The summed E-state index contributed by atoms with van der Waals surface area (Å²) in [6.45, 7) is 0.989. The molecule has 0 radical (unpaired) electrons. The third kappa shape index (κ3) is 2.51. The van der Waals surface area contributed by atoms with Crippen LogP contribution in [-0.4, -0.2) is 63.6 Å². The van der Waals surface area contributed by atoms with Crippen molar-refractivity contribution in [1.29, 1.82) is 5.26 Å². The third-order valence-electron chi connectivity index (χ3n) is 3.28. The van der Waals surface area contributed by atoms with Crippen LogP contribution < -0.4 is 5.32 Å². The lowest BCUT2D eigenvalue weighted by Gasteiger charge is -2.32. The Labute approximate surface area is 107 Å². The molecule has 2 heterocycles. The number of sulfone groups is 1. The van der Waals surface area contributed by atoms with E-state index in [-0.39, 0.29) is 31.0 Å². The first-order valence-corrected chi connectivity index (χ1v) is 9.01. The second-order valence-corrected chi connectivity index (χ2v) is 8.92. The van der Waals surface area contributed by atoms with Gasteiger partial charge >= 0.3 is 0 Å². The van der Waals surface area contributed by atoms with Crippen molar-refractivity contribution in [1.82, 2.24) is 9.62 Å². The predicted octanol–water partition coefficient (Wildman–Crippen LogP) is -1.70. The molecule has 0 aromatic carbocycles. The van der Waals surface area contributed by atoms with Crippen molar-refractivity contribution in [3.63, 3.8) is 0 Å². The van der Waals surface area contributed by atoms with Crippen molar-refractivity contribution in [3.05, 3.63) is 0 Å². The minimum Gasteiger partial charge on any atom is -0.313 e. The molecule has 2 aliphatic heterocycles. The fourth-order valence-corrected chi connectivity index (χ4v) is 6.91. The maximum atomic E-state index is 12.3. The summed E-state index contributed by atoms with van der Waals surface area (Å²) in [6.07, 6.45) is 0.132. The number of piperazine rings is 1. The summed E-state index contributed by atoms with van der Waals surface area (Å²) in [6, 6.07) is 1.20. The Morgan fingerprint density at radius 3 is 2.67 bits per heavy atom. The van der Waals surface area contributed by atoms with E-state index in [0.717, 1.165) is 4.31 Å². The summed E-state index contributed by atoms with van der Waals surface area (Å²) in [4.78, 5) is 0. The van der Waals surface area contributed by atoms with Crippen LogP contribution in [-0.2, 0) is 19.9 Å². The molecule has 0 aliphatic carbocycles. The summed E-state index contributed by atoms with van der Waals surface area (Å²) in [5, 5.41) is 11.0. The molecule has 2 aliphatic rings. The highest BCUT2D eigenvalue weighted by Crippen LogP contribution is 2.24. The highest BCUT2D eigenvalue weighted by Gasteiger charge is 2.43. The average Bonchev–Trinajstić information content (AvgIpc) is 2.70. The second kappa shape index (κ2) is 4.77. The van der Waals surface area contributed by atoms with E-state index in [4.69, 9.17) is 5.26 Å². The largest absolute Gasteiger partial charge is 0.313 e. The van der Waals surface area contributed by atoms with Gasteiger partial charge in [-0.1, -0.05) is 0 Å². The van der Waals surface area contributed by atoms with Crippen LogP contribution in [0.2, 0.25) is 0 Å². The zero-order chi connectivity index (χ0) is 13.4. The van der Waals surface area contributed by atoms with E-state index in [9.17, 15) is 16.8 Å². The molecule has 0 bridgehead atoms. The van der Waals surface area contributed by atoms with Crippen LogP contribution in [0, 0.1) is 11.3 Å². The van der Waals surface area contributed by atoms with Gasteiger partial charge in [-0.15, -0.1) is 0 Å². The predicted molar refractivity (Wildman–Crippen MR) is 65.0 cm³/mol. The van der Waals surface area contributed by atoms with Gasteiger partial charge in [0.05, 0.1) is 22.8 Å². The van der Waals surface area contributed by atoms with Crippen LogP contribution >= 0.6 is 0 Å². The fourth-order valence-electron chi connectivity index (χ4n) is 2.29. The van der Waals surface area contributed by atoms with Gasteiger partial charge in [-0.2, -0.15) is 9.57 Å². The van der Waals surface area contributed by atoms with Gasteiger partial charge in [-0.05, 0) is 6.42 Å². The molecule has 0 spiro atoms. The molecule has 0 aromatic heterocycles. The molecule has 0 aromatic rings. The van der Waals surface area contributed by atoms with Crippen LogP contribution in [0.3, 0.4) is 0 Å². The van der Waals surface area contributed by atoms with Gasteiger partial charge in [0.15, 0.2) is 9.84 Å². The normalized spacial score (nSPS) is 33.1. The summed E-state index contributed by atoms with van der Waals surface area (Å²) in [5.74, 6) is -0.405. The van der Waals surface area contributed by atoms with Crippen LogP contribution in [0.4, 0.5) is 0 Å². The van der Waals surface area contributed by atoms with Crippen molar-refractivity contribution in [2.45, 2.75) is 17.7 Å². The Kier molecular flexibility index (Phi) is 3.64. The van der Waals surface area contributed by atoms with Crippen molar-refractivity contribution in [3.8, 4) is 6.07 Å². The number of nitrogens with zero attached hydrogens (tertiary/aromatic N) is 2. The molecular weight excluding hydrogens is 278 g/mol. The van der Waals surface area contributed by atoms with E-state index in [1.54, 1.807) is 0 Å². The summed E-state index contributed by atoms with van der Waals surface area (Å²) >= 11 is 0. The Morgan fingerprint density at radius 2 is 2.11 bits per heavy atom. The van der Waals surface area contributed by atoms with E-state index in [1.165, 1.54) is 0 Å². The lowest BCUT2D eigenvalue weighted by atomic mass is 10.3. The van der Waals surface area contributed by atoms with E-state index in [0.29, 0.717) is 6.54 Å². The first-order chi connectivity index (χ1) is 8.37. The maximum absolute atomic E-state index is 12.3. The third-order valence-corrected chi connectivity index (χ3v) is 7.60. The molecule has 2 unspecified atom stereocenters. The molecule has 102 valence electrons. The van der Waals surface area contributed by atoms with E-state index in [1.807, 2.05) is 6.07 Å². The molecule has 2 saturated heterocycles. The SMILES string of the molecule is N#CC1CNCCN1S(=O)(=O)C1CCS(=O)(=O)C1. The van der Waals surface area contributed by atoms with Gasteiger partial charge in [0.25, 0.3) is 0 Å². The first-order valence-electron chi connectivity index (χ1n) is 5.68. The number of hydrogen-bond acceptors (Lipinski definition) is 6. The molecule has 2 fully saturated rings. The van der Waals surface area contributed by atoms with Gasteiger partial charge in [-0.3, -0.25) is 0 Å². The second-order valence-electron chi connectivity index (χ2n) is 4.53. The molecule has 2 atom stereocenters. The Balaban J connectivity index is 2.23. The lowest BCUT2D eigenvalue weighted by molar-refractivity contribution is 0.309. The van der Waals surface area contributed by atoms with Crippen molar-refractivity contribution in [2.24, 2.45) is 0 Å². The molecule has 0 saturated carbocycles. The van der Waals surface area contributed by atoms with Crippen molar-refractivity contribution >= 4 is 19.9 Å². The highest BCUT2D eigenvalue weighted by molar-refractivity contribution is 7.95. The zero-order valence-electron chi connectivity index (χ0n) is 9.74. The number of nitrogens with one attached hydrogen (secondary N) is 1. The molecule has 18 heavy (non-hydrogen) atoms. The number of nitriles is 1. The quantitative estimate of drug-likeness (QED) is 0.650. The molecule has 1 N–H and O–H groups in total. The van der Waals surface area contributed by atoms with Crippen LogP contribution in [0.15, 0.2) is 0 Å². The maximum Gasteiger partial charge on any atom is 0.219 e. The summed E-state index contributed by atoms with van der Waals surface area (Å²) in [5.41, 5.74) is 0. The molecule has 9 heteroatoms. The smallest absolute Gasteiger partial charge is 0.219 e. The van der Waals surface area contributed by atoms with E-state index >= 15 is 0 Å². The molecule has 7 nitrogen and oxygen atoms in total. The van der Waals surface area contributed by atoms with Crippen LogP contribution in [0.5, 0.6) is 0 Å². The summed E-state index contributed by atoms with van der Waals surface area (Å²) < 4.78 is 48.5. The minimum absolute atomic E-state index is 0.0831. The van der Waals surface area contributed by atoms with Gasteiger partial charge < -0.3 is 5.32 Å². The lowest BCUT2D eigenvalue weighted by Crippen LogP contribution is -2.55. The van der Waals surface area contributed by atoms with Gasteiger partial charge in [0, 0.05) is 19.6 Å². The van der Waals surface area contributed by atoms with E-state index < -0.39 is 31.2 Å². The summed E-state index contributed by atoms with van der Waals surface area (Å²) in [7, 11) is -6.95. The van der Waals surface area contributed by atoms with E-state index in [2.05, 4.69) is 5.32 Å². The zero-order valence-corrected chi connectivity index (χ0v) is 11.4. The number of hydrogen-bond donors (Lipinski definition) is 1. The number of sulfonamides is 1. The Hall–Kier alpha value is -0.690.